The number of carbonyl (C=O) groups is 3. The Morgan fingerprint density at radius 2 is 1.36 bits per heavy atom. The smallest absolute Gasteiger partial charge is 0.326 e. The number of aromatic amines is 2. The van der Waals surface area contributed by atoms with Crippen LogP contribution in [-0.4, -0.2) is 57.1 Å². The molecule has 0 fully saturated rings. The van der Waals surface area contributed by atoms with E-state index in [0.29, 0.717) is 6.42 Å². The quantitative estimate of drug-likeness (QED) is 0.141. The lowest BCUT2D eigenvalue weighted by Gasteiger charge is -2.23. The Bertz CT molecular complexity index is 1530. The molecular formula is C29H31N5O5. The minimum absolute atomic E-state index is 0.0459. The van der Waals surface area contributed by atoms with Crippen molar-refractivity contribution in [3.63, 3.8) is 0 Å². The fourth-order valence-corrected chi connectivity index (χ4v) is 4.72. The van der Waals surface area contributed by atoms with Crippen LogP contribution in [0.25, 0.3) is 21.8 Å². The summed E-state index contributed by atoms with van der Waals surface area (Å²) in [5.41, 5.74) is 3.24. The van der Waals surface area contributed by atoms with Gasteiger partial charge in [0, 0.05) is 47.0 Å². The van der Waals surface area contributed by atoms with Crippen LogP contribution >= 0.6 is 0 Å². The zero-order valence-electron chi connectivity index (χ0n) is 21.7. The molecule has 10 nitrogen and oxygen atoms in total. The summed E-state index contributed by atoms with van der Waals surface area (Å²) in [5.74, 6) is -2.39. The van der Waals surface area contributed by atoms with Crippen molar-refractivity contribution >= 4 is 45.7 Å². The third-order valence-corrected chi connectivity index (χ3v) is 6.65. The molecule has 2 heterocycles. The van der Waals surface area contributed by atoms with Crippen molar-refractivity contribution in [1.82, 2.24) is 20.6 Å². The summed E-state index contributed by atoms with van der Waals surface area (Å²) in [5, 5.41) is 17.0. The number of para-hydroxylation sites is 2. The first kappa shape index (κ1) is 27.3. The van der Waals surface area contributed by atoms with Gasteiger partial charge in [-0.2, -0.15) is 4.99 Å². The van der Waals surface area contributed by atoms with Gasteiger partial charge in [-0.3, -0.25) is 9.59 Å². The highest BCUT2D eigenvalue weighted by atomic mass is 16.4. The van der Waals surface area contributed by atoms with Crippen molar-refractivity contribution in [2.75, 3.05) is 0 Å². The topological polar surface area (TPSA) is 157 Å². The molecule has 3 unspecified atom stereocenters. The fourth-order valence-electron chi connectivity index (χ4n) is 4.72. The van der Waals surface area contributed by atoms with Crippen molar-refractivity contribution in [2.45, 2.75) is 51.2 Å². The van der Waals surface area contributed by atoms with Crippen molar-refractivity contribution in [3.05, 3.63) is 72.1 Å². The molecule has 0 spiro atoms. The summed E-state index contributed by atoms with van der Waals surface area (Å²) in [4.78, 5) is 59.7. The third-order valence-electron chi connectivity index (χ3n) is 6.65. The molecular weight excluding hydrogens is 498 g/mol. The molecule has 202 valence electrons. The second-order valence-corrected chi connectivity index (χ2v) is 9.95. The van der Waals surface area contributed by atoms with E-state index in [1.165, 1.54) is 6.08 Å². The first-order chi connectivity index (χ1) is 18.8. The van der Waals surface area contributed by atoms with Gasteiger partial charge in [0.25, 0.3) is 0 Å². The van der Waals surface area contributed by atoms with E-state index in [2.05, 4.69) is 25.6 Å². The Hall–Kier alpha value is -4.69. The fraction of sp³-hybridized carbons (Fsp3) is 0.310. The molecule has 2 aromatic heterocycles. The number of hydrogen-bond donors (Lipinski definition) is 5. The van der Waals surface area contributed by atoms with Gasteiger partial charge in [-0.25, -0.2) is 9.59 Å². The number of carboxylic acid groups (broad SMARTS) is 1. The average Bonchev–Trinajstić information content (AvgIpc) is 3.51. The SMILES string of the molecule is CC(C)CC(N=C=O)C(=O)NC(Cc1c[nH]c2ccccc12)C(=O)NC(Cc1c[nH]c2ccccc12)C(=O)O. The van der Waals surface area contributed by atoms with Crippen LogP contribution in [0.4, 0.5) is 0 Å². The number of carbonyl (C=O) groups excluding carboxylic acids is 3. The van der Waals surface area contributed by atoms with Gasteiger partial charge in [0.15, 0.2) is 0 Å². The lowest BCUT2D eigenvalue weighted by atomic mass is 10.0. The van der Waals surface area contributed by atoms with Crippen LogP contribution in [0, 0.1) is 5.92 Å². The highest BCUT2D eigenvalue weighted by Crippen LogP contribution is 2.21. The van der Waals surface area contributed by atoms with Crippen LogP contribution in [0.5, 0.6) is 0 Å². The van der Waals surface area contributed by atoms with E-state index in [1.807, 2.05) is 62.4 Å². The number of aromatic nitrogens is 2. The maximum absolute atomic E-state index is 13.5. The predicted molar refractivity (Wildman–Crippen MR) is 147 cm³/mol. The minimum atomic E-state index is -1.24. The van der Waals surface area contributed by atoms with Crippen molar-refractivity contribution in [2.24, 2.45) is 10.9 Å². The molecule has 0 saturated heterocycles. The number of H-pyrrole nitrogens is 2. The van der Waals surface area contributed by atoms with Crippen LogP contribution in [0.15, 0.2) is 65.9 Å². The second-order valence-electron chi connectivity index (χ2n) is 9.95. The Kier molecular flexibility index (Phi) is 8.58. The monoisotopic (exact) mass is 529 g/mol. The van der Waals surface area contributed by atoms with Gasteiger partial charge in [-0.1, -0.05) is 50.2 Å². The van der Waals surface area contributed by atoms with E-state index in [-0.39, 0.29) is 18.8 Å². The Morgan fingerprint density at radius 3 is 1.87 bits per heavy atom. The molecule has 0 saturated carbocycles. The van der Waals surface area contributed by atoms with E-state index in [4.69, 9.17) is 0 Å². The number of benzene rings is 2. The molecule has 2 amide bonds. The summed E-state index contributed by atoms with van der Waals surface area (Å²) in [7, 11) is 0. The summed E-state index contributed by atoms with van der Waals surface area (Å²) >= 11 is 0. The Morgan fingerprint density at radius 1 is 0.846 bits per heavy atom. The number of isocyanates is 1. The minimum Gasteiger partial charge on any atom is -0.480 e. The molecule has 5 N–H and O–H groups in total. The summed E-state index contributed by atoms with van der Waals surface area (Å²) in [6, 6.07) is 11.7. The van der Waals surface area contributed by atoms with Gasteiger partial charge >= 0.3 is 5.97 Å². The van der Waals surface area contributed by atoms with Crippen LogP contribution in [-0.2, 0) is 32.0 Å². The maximum atomic E-state index is 13.5. The first-order valence-electron chi connectivity index (χ1n) is 12.8. The van der Waals surface area contributed by atoms with Crippen LogP contribution in [0.1, 0.15) is 31.4 Å². The van der Waals surface area contributed by atoms with Gasteiger partial charge in [-0.15, -0.1) is 0 Å². The number of hydrogen-bond acceptors (Lipinski definition) is 5. The van der Waals surface area contributed by atoms with Gasteiger partial charge in [0.05, 0.1) is 0 Å². The third kappa shape index (κ3) is 6.61. The summed E-state index contributed by atoms with van der Waals surface area (Å²) < 4.78 is 0. The first-order valence-corrected chi connectivity index (χ1v) is 12.8. The number of rotatable bonds is 12. The number of aliphatic carboxylic acids is 1. The molecule has 2 aromatic carbocycles. The molecule has 39 heavy (non-hydrogen) atoms. The normalized spacial score (nSPS) is 13.5. The van der Waals surface area contributed by atoms with Gasteiger partial charge in [0.1, 0.15) is 18.1 Å². The number of carboxylic acids is 1. The molecule has 0 aliphatic heterocycles. The molecule has 0 bridgehead atoms. The molecule has 0 radical (unpaired) electrons. The zero-order valence-corrected chi connectivity index (χ0v) is 21.7. The Balaban J connectivity index is 1.59. The van der Waals surface area contributed by atoms with E-state index in [9.17, 15) is 24.3 Å². The van der Waals surface area contributed by atoms with Crippen LogP contribution < -0.4 is 10.6 Å². The maximum Gasteiger partial charge on any atom is 0.326 e. The standard InChI is InChI=1S/C29H31N5O5/c1-17(2)11-24(32-16-35)27(36)33-25(12-18-14-30-22-9-5-3-7-20(18)22)28(37)34-26(29(38)39)13-19-15-31-23-10-6-4-8-21(19)23/h3-10,14-15,17,24-26,30-31H,11-13H2,1-2H3,(H,33,36)(H,34,37)(H,38,39). The van der Waals surface area contributed by atoms with E-state index >= 15 is 0 Å². The largest absolute Gasteiger partial charge is 0.480 e. The van der Waals surface area contributed by atoms with Crippen molar-refractivity contribution < 1.29 is 24.3 Å². The van der Waals surface area contributed by atoms with Crippen molar-refractivity contribution in [1.29, 1.82) is 0 Å². The molecule has 3 atom stereocenters. The van der Waals surface area contributed by atoms with E-state index < -0.39 is 35.9 Å². The average molecular weight is 530 g/mol. The summed E-state index contributed by atoms with van der Waals surface area (Å²) in [6.45, 7) is 3.78. The number of aliphatic imine (C=N–C) groups is 1. The molecule has 0 aliphatic rings. The predicted octanol–water partition coefficient (Wildman–Crippen LogP) is 3.24. The van der Waals surface area contributed by atoms with E-state index in [1.54, 1.807) is 12.4 Å². The second kappa shape index (κ2) is 12.2. The highest BCUT2D eigenvalue weighted by molar-refractivity contribution is 5.93. The van der Waals surface area contributed by atoms with Crippen LogP contribution in [0.2, 0.25) is 0 Å². The van der Waals surface area contributed by atoms with E-state index in [0.717, 1.165) is 32.9 Å². The number of nitrogens with one attached hydrogen (secondary N) is 4. The lowest BCUT2D eigenvalue weighted by Crippen LogP contribution is -2.54. The lowest BCUT2D eigenvalue weighted by molar-refractivity contribution is -0.142. The molecule has 4 aromatic rings. The zero-order chi connectivity index (χ0) is 27.9. The summed E-state index contributed by atoms with van der Waals surface area (Å²) in [6.07, 6.45) is 5.36. The number of fused-ring (bicyclic) bond motifs is 2. The highest BCUT2D eigenvalue weighted by Gasteiger charge is 2.30. The number of amides is 2. The molecule has 0 aliphatic carbocycles. The molecule has 4 rings (SSSR count). The van der Waals surface area contributed by atoms with Crippen molar-refractivity contribution in [3.8, 4) is 0 Å². The van der Waals surface area contributed by atoms with Gasteiger partial charge < -0.3 is 25.7 Å². The van der Waals surface area contributed by atoms with Gasteiger partial charge in [0.2, 0.25) is 17.9 Å². The number of nitrogens with zero attached hydrogens (tertiary/aromatic N) is 1. The van der Waals surface area contributed by atoms with Crippen LogP contribution in [0.3, 0.4) is 0 Å². The van der Waals surface area contributed by atoms with Gasteiger partial charge in [-0.05, 0) is 35.6 Å². The molecule has 10 heteroatoms. The Labute approximate surface area is 224 Å².